The number of nitrogens with two attached hydrogens (primary N) is 1. The first-order valence-corrected chi connectivity index (χ1v) is 19.2. The highest BCUT2D eigenvalue weighted by atomic mass is 35.5. The van der Waals surface area contributed by atoms with Crippen LogP contribution in [-0.4, -0.2) is 54.7 Å². The van der Waals surface area contributed by atoms with E-state index < -0.39 is 5.82 Å². The predicted molar refractivity (Wildman–Crippen MR) is 215 cm³/mol. The Bertz CT molecular complexity index is 2050. The van der Waals surface area contributed by atoms with Crippen molar-refractivity contribution in [3.05, 3.63) is 93.9 Å². The Morgan fingerprint density at radius 1 is 0.782 bits per heavy atom. The molecule has 0 spiro atoms. The van der Waals surface area contributed by atoms with Gasteiger partial charge in [0.05, 0.1) is 39.2 Å². The summed E-state index contributed by atoms with van der Waals surface area (Å²) in [4.78, 5) is 13.1. The van der Waals surface area contributed by atoms with Crippen LogP contribution in [0.15, 0.2) is 63.6 Å². The molecule has 7 rings (SSSR count). The maximum atomic E-state index is 13.8. The van der Waals surface area contributed by atoms with Crippen molar-refractivity contribution in [3.63, 3.8) is 0 Å². The Labute approximate surface area is 326 Å². The normalized spacial score (nSPS) is 15.5. The first-order valence-electron chi connectivity index (χ1n) is 18.8. The number of hydrogen-bond acceptors (Lipinski definition) is 10. The van der Waals surface area contributed by atoms with Gasteiger partial charge in [0, 0.05) is 55.6 Å². The van der Waals surface area contributed by atoms with Crippen LogP contribution >= 0.6 is 11.6 Å². The number of carbonyl (C=O) groups excluding carboxylic acids is 1. The molecule has 3 aromatic carbocycles. The third-order valence-electron chi connectivity index (χ3n) is 10.1. The molecule has 0 bridgehead atoms. The van der Waals surface area contributed by atoms with E-state index in [9.17, 15) is 9.18 Å². The maximum absolute atomic E-state index is 13.8. The molecule has 4 heterocycles. The van der Waals surface area contributed by atoms with Crippen LogP contribution in [0.4, 0.5) is 27.1 Å². The van der Waals surface area contributed by atoms with Crippen molar-refractivity contribution in [3.8, 4) is 22.3 Å². The topological polar surface area (TPSA) is 150 Å². The van der Waals surface area contributed by atoms with Gasteiger partial charge in [-0.05, 0) is 113 Å². The first-order chi connectivity index (χ1) is 26.5. The van der Waals surface area contributed by atoms with Gasteiger partial charge in [0.1, 0.15) is 17.3 Å². The van der Waals surface area contributed by atoms with Crippen molar-refractivity contribution in [2.24, 2.45) is 5.92 Å². The minimum Gasteiger partial charge on any atom is -0.397 e. The second-order valence-electron chi connectivity index (χ2n) is 14.4. The molecule has 1 amide bonds. The molecule has 2 aromatic heterocycles. The molecule has 2 aliphatic heterocycles. The summed E-state index contributed by atoms with van der Waals surface area (Å²) in [5, 5.41) is 18.3. The summed E-state index contributed by atoms with van der Waals surface area (Å²) in [6, 6.07) is 17.3. The molecule has 2 fully saturated rings. The number of aromatic nitrogens is 2. The van der Waals surface area contributed by atoms with Crippen LogP contribution in [-0.2, 0) is 20.7 Å². The van der Waals surface area contributed by atoms with E-state index in [4.69, 9.17) is 35.9 Å². The highest BCUT2D eigenvalue weighted by Crippen LogP contribution is 2.35. The van der Waals surface area contributed by atoms with Gasteiger partial charge in [-0.3, -0.25) is 4.79 Å². The van der Waals surface area contributed by atoms with Gasteiger partial charge in [-0.25, -0.2) is 4.39 Å². The second-order valence-corrected chi connectivity index (χ2v) is 14.8. The Morgan fingerprint density at radius 3 is 1.82 bits per heavy atom. The van der Waals surface area contributed by atoms with Crippen LogP contribution in [0.25, 0.3) is 22.3 Å². The molecule has 0 radical (unpaired) electrons. The zero-order valence-electron chi connectivity index (χ0n) is 32.1. The molecule has 292 valence electrons. The van der Waals surface area contributed by atoms with E-state index in [1.54, 1.807) is 6.07 Å². The minimum atomic E-state index is -0.484. The highest BCUT2D eigenvalue weighted by Gasteiger charge is 2.21. The molecule has 2 saturated heterocycles. The van der Waals surface area contributed by atoms with Gasteiger partial charge in [-0.1, -0.05) is 47.0 Å². The minimum absolute atomic E-state index is 0.0702. The van der Waals surface area contributed by atoms with Gasteiger partial charge < -0.3 is 40.2 Å². The van der Waals surface area contributed by atoms with Crippen LogP contribution in [0.5, 0.6) is 0 Å². The van der Waals surface area contributed by atoms with Crippen molar-refractivity contribution in [1.82, 2.24) is 10.3 Å². The summed E-state index contributed by atoms with van der Waals surface area (Å²) in [7, 11) is 0. The lowest BCUT2D eigenvalue weighted by molar-refractivity contribution is -0.119. The maximum Gasteiger partial charge on any atom is 0.227 e. The lowest BCUT2D eigenvalue weighted by Crippen LogP contribution is -2.29. The predicted octanol–water partition coefficient (Wildman–Crippen LogP) is 9.29. The summed E-state index contributed by atoms with van der Waals surface area (Å²) >= 11 is 5.78. The van der Waals surface area contributed by atoms with Gasteiger partial charge >= 0.3 is 0 Å². The van der Waals surface area contributed by atoms with Crippen LogP contribution in [0.2, 0.25) is 5.02 Å². The summed E-state index contributed by atoms with van der Waals surface area (Å²) in [6.45, 7) is 12.5. The van der Waals surface area contributed by atoms with Gasteiger partial charge in [-0.2, -0.15) is 0 Å². The van der Waals surface area contributed by atoms with Gasteiger partial charge in [0.15, 0.2) is 0 Å². The van der Waals surface area contributed by atoms with E-state index >= 15 is 0 Å². The zero-order valence-corrected chi connectivity index (χ0v) is 32.8. The smallest absolute Gasteiger partial charge is 0.227 e. The molecule has 55 heavy (non-hydrogen) atoms. The van der Waals surface area contributed by atoms with Gasteiger partial charge in [0.2, 0.25) is 5.91 Å². The lowest BCUT2D eigenvalue weighted by atomic mass is 9.99. The average Bonchev–Trinajstić information content (AvgIpc) is 3.70. The van der Waals surface area contributed by atoms with E-state index in [0.29, 0.717) is 31.4 Å². The van der Waals surface area contributed by atoms with Crippen molar-refractivity contribution in [1.29, 1.82) is 0 Å². The third-order valence-corrected chi connectivity index (χ3v) is 10.4. The average molecular weight is 773 g/mol. The number of nitrogens with one attached hydrogen (secondary N) is 3. The monoisotopic (exact) mass is 772 g/mol. The van der Waals surface area contributed by atoms with Crippen LogP contribution < -0.4 is 21.7 Å². The molecule has 1 atom stereocenters. The summed E-state index contributed by atoms with van der Waals surface area (Å²) in [6.07, 6.45) is 4.23. The van der Waals surface area contributed by atoms with E-state index in [-0.39, 0.29) is 22.9 Å². The van der Waals surface area contributed by atoms with E-state index in [1.807, 2.05) is 65.0 Å². The fourth-order valence-electron chi connectivity index (χ4n) is 7.06. The molecule has 0 saturated carbocycles. The first kappa shape index (κ1) is 39.8. The fourth-order valence-corrected chi connectivity index (χ4v) is 7.18. The molecule has 13 heteroatoms. The largest absolute Gasteiger partial charge is 0.397 e. The number of benzene rings is 3. The summed E-state index contributed by atoms with van der Waals surface area (Å²) in [5.41, 5.74) is 15.8. The molecular formula is C42H50ClFN6O5. The Hall–Kier alpha value is -4.91. The standard InChI is InChI=1S/C26H29ClFN3O3.C16H21N3O2/c1-15(12-18-4-6-21(27)22(28)13-18)26(32)30-24-14-19(25-16(2)31-34-17(25)3)5-7-23(24)29-20-8-10-33-11-9-20;1-10-16(11(2)21-19-10)12-3-4-15(14(17)9-12)18-13-5-7-20-8-6-13/h4-7,13-15,20,29H,8-12H2,1-3H3,(H,30,32);3-4,9,13,18H,5-8,17H2,1-2H3/t15-;/m1./s1. The van der Waals surface area contributed by atoms with E-state index in [1.165, 1.54) is 12.1 Å². The van der Waals surface area contributed by atoms with Crippen LogP contribution in [0, 0.1) is 39.4 Å². The molecule has 0 aliphatic carbocycles. The molecule has 2 aliphatic rings. The Balaban J connectivity index is 0.000000209. The molecular weight excluding hydrogens is 723 g/mol. The van der Waals surface area contributed by atoms with Gasteiger partial charge in [-0.15, -0.1) is 0 Å². The SMILES string of the molecule is Cc1noc(C)c1-c1ccc(NC2CCOCC2)c(N)c1.Cc1noc(C)c1-c1ccc(NC2CCOCC2)c(NC(=O)[C@H](C)Cc2ccc(Cl)c(F)c2)c1. The number of ether oxygens (including phenoxy) is 2. The number of hydrogen-bond donors (Lipinski definition) is 4. The molecule has 5 aromatic rings. The third kappa shape index (κ3) is 10.0. The van der Waals surface area contributed by atoms with Crippen molar-refractivity contribution >= 4 is 40.3 Å². The van der Waals surface area contributed by atoms with E-state index in [0.717, 1.165) is 107 Å². The van der Waals surface area contributed by atoms with Crippen molar-refractivity contribution in [2.75, 3.05) is 48.1 Å². The zero-order chi connectivity index (χ0) is 39.1. The molecule has 11 nitrogen and oxygen atoms in total. The number of amides is 1. The lowest BCUT2D eigenvalue weighted by Gasteiger charge is -2.26. The van der Waals surface area contributed by atoms with Gasteiger partial charge in [0.25, 0.3) is 0 Å². The van der Waals surface area contributed by atoms with Crippen LogP contribution in [0.3, 0.4) is 0 Å². The molecule has 5 N–H and O–H groups in total. The number of carbonyl (C=O) groups is 1. The Morgan fingerprint density at radius 2 is 1.31 bits per heavy atom. The van der Waals surface area contributed by atoms with Crippen LogP contribution in [0.1, 0.15) is 61.1 Å². The number of aryl methyl sites for hydroxylation is 4. The fraction of sp³-hybridized carbons (Fsp3) is 0.405. The second kappa shape index (κ2) is 18.1. The van der Waals surface area contributed by atoms with E-state index in [2.05, 4.69) is 32.3 Å². The number of nitrogens with zero attached hydrogens (tertiary/aromatic N) is 2. The molecule has 0 unspecified atom stereocenters. The highest BCUT2D eigenvalue weighted by molar-refractivity contribution is 6.30. The van der Waals surface area contributed by atoms with Crippen molar-refractivity contribution < 1.29 is 27.7 Å². The number of rotatable bonds is 10. The Kier molecular flexibility index (Phi) is 13.1. The van der Waals surface area contributed by atoms with Crippen molar-refractivity contribution in [2.45, 2.75) is 78.8 Å². The quantitative estimate of drug-likeness (QED) is 0.101. The number of halogens is 2. The number of anilines is 4. The summed E-state index contributed by atoms with van der Waals surface area (Å²) < 4.78 is 35.2. The summed E-state index contributed by atoms with van der Waals surface area (Å²) in [5.74, 6) is 0.525. The number of nitrogen functional groups attached to an aromatic ring is 1.